The van der Waals surface area contributed by atoms with Gasteiger partial charge in [0, 0.05) is 12.3 Å². The van der Waals surface area contributed by atoms with Crippen LogP contribution in [0, 0.1) is 11.2 Å². The maximum atomic E-state index is 12.8. The SMILES string of the molecule is [B]C(=N)OC(=O)/C=C\n1cc(F)c(=O)[nH]c1=O. The Morgan fingerprint density at radius 1 is 1.59 bits per heavy atom. The van der Waals surface area contributed by atoms with Crippen LogP contribution in [0.5, 0.6) is 0 Å². The number of aromatic nitrogens is 2. The average Bonchev–Trinajstić information content (AvgIpc) is 2.20. The predicted octanol–water partition coefficient (Wildman–Crippen LogP) is -1.21. The van der Waals surface area contributed by atoms with Gasteiger partial charge in [-0.1, -0.05) is 0 Å². The lowest BCUT2D eigenvalue weighted by Gasteiger charge is -1.98. The van der Waals surface area contributed by atoms with E-state index < -0.39 is 28.8 Å². The van der Waals surface area contributed by atoms with Crippen LogP contribution >= 0.6 is 0 Å². The van der Waals surface area contributed by atoms with Gasteiger partial charge in [-0.05, 0) is 0 Å². The van der Waals surface area contributed by atoms with Gasteiger partial charge in [0.15, 0.2) is 7.85 Å². The predicted molar refractivity (Wildman–Crippen MR) is 56.2 cm³/mol. The maximum Gasteiger partial charge on any atom is 0.337 e. The molecule has 86 valence electrons. The van der Waals surface area contributed by atoms with E-state index in [1.165, 1.54) is 0 Å². The summed E-state index contributed by atoms with van der Waals surface area (Å²) in [4.78, 5) is 34.3. The smallest absolute Gasteiger partial charge is 0.337 e. The minimum atomic E-state index is -1.19. The molecule has 0 aliphatic heterocycles. The highest BCUT2D eigenvalue weighted by Crippen LogP contribution is 1.87. The summed E-state index contributed by atoms with van der Waals surface area (Å²) in [6.07, 6.45) is 2.19. The van der Waals surface area contributed by atoms with Gasteiger partial charge in [0.25, 0.3) is 5.56 Å². The van der Waals surface area contributed by atoms with Crippen LogP contribution in [0.2, 0.25) is 0 Å². The van der Waals surface area contributed by atoms with Crippen molar-refractivity contribution in [1.82, 2.24) is 9.55 Å². The summed E-state index contributed by atoms with van der Waals surface area (Å²) in [6.45, 7) is 0. The molecule has 2 N–H and O–H groups in total. The minimum Gasteiger partial charge on any atom is -0.421 e. The van der Waals surface area contributed by atoms with E-state index in [2.05, 4.69) is 4.74 Å². The molecule has 0 atom stereocenters. The molecule has 0 aliphatic rings. The maximum absolute atomic E-state index is 12.8. The zero-order valence-electron chi connectivity index (χ0n) is 8.27. The number of hydrogen-bond acceptors (Lipinski definition) is 5. The highest BCUT2D eigenvalue weighted by atomic mass is 19.1. The number of halogens is 1. The highest BCUT2D eigenvalue weighted by molar-refractivity contribution is 6.56. The van der Waals surface area contributed by atoms with Gasteiger partial charge in [-0.3, -0.25) is 19.8 Å². The lowest BCUT2D eigenvalue weighted by molar-refractivity contribution is -0.129. The van der Waals surface area contributed by atoms with E-state index in [0.717, 1.165) is 12.3 Å². The lowest BCUT2D eigenvalue weighted by Crippen LogP contribution is -2.29. The van der Waals surface area contributed by atoms with Crippen molar-refractivity contribution in [3.63, 3.8) is 0 Å². The average molecular weight is 237 g/mol. The van der Waals surface area contributed by atoms with Crippen LogP contribution in [-0.4, -0.2) is 29.2 Å². The molecule has 1 aromatic heterocycles. The van der Waals surface area contributed by atoms with Crippen LogP contribution in [-0.2, 0) is 9.53 Å². The lowest BCUT2D eigenvalue weighted by atomic mass is 10.2. The van der Waals surface area contributed by atoms with Crippen molar-refractivity contribution < 1.29 is 13.9 Å². The number of H-pyrrole nitrogens is 1. The van der Waals surface area contributed by atoms with Crippen LogP contribution in [0.15, 0.2) is 21.9 Å². The van der Waals surface area contributed by atoms with Crippen molar-refractivity contribution in [3.05, 3.63) is 38.9 Å². The van der Waals surface area contributed by atoms with Gasteiger partial charge >= 0.3 is 11.7 Å². The number of nitrogens with zero attached hydrogens (tertiary/aromatic N) is 1. The monoisotopic (exact) mass is 237 g/mol. The van der Waals surface area contributed by atoms with Crippen LogP contribution in [0.3, 0.4) is 0 Å². The van der Waals surface area contributed by atoms with Crippen LogP contribution < -0.4 is 11.2 Å². The third-order valence-corrected chi connectivity index (χ3v) is 1.51. The Hall–Kier alpha value is -2.45. The quantitative estimate of drug-likeness (QED) is 0.221. The first kappa shape index (κ1) is 12.6. The van der Waals surface area contributed by atoms with Crippen LogP contribution in [0.25, 0.3) is 6.20 Å². The number of aromatic amines is 1. The molecule has 0 unspecified atom stereocenters. The summed E-state index contributed by atoms with van der Waals surface area (Å²) in [5.41, 5.74) is -2.09. The van der Waals surface area contributed by atoms with Crippen molar-refractivity contribution in [2.24, 2.45) is 0 Å². The third kappa shape index (κ3) is 3.56. The first-order valence-electron chi connectivity index (χ1n) is 4.15. The number of hydrogen-bond donors (Lipinski definition) is 2. The molecule has 0 saturated heterocycles. The van der Waals surface area contributed by atoms with E-state index in [0.29, 0.717) is 10.8 Å². The van der Waals surface area contributed by atoms with Crippen molar-refractivity contribution in [2.45, 2.75) is 0 Å². The number of ether oxygens (including phenoxy) is 1. The molecular formula is C8H5BFN3O4. The number of nitrogens with one attached hydrogen (secondary N) is 2. The van der Waals surface area contributed by atoms with Crippen molar-refractivity contribution in [1.29, 1.82) is 5.41 Å². The Morgan fingerprint density at radius 3 is 2.82 bits per heavy atom. The van der Waals surface area contributed by atoms with Gasteiger partial charge < -0.3 is 4.74 Å². The van der Waals surface area contributed by atoms with E-state index in [9.17, 15) is 18.8 Å². The number of carbonyl (C=O) groups excluding carboxylic acids is 1. The molecule has 1 aromatic rings. The summed E-state index contributed by atoms with van der Waals surface area (Å²) < 4.78 is 17.5. The molecule has 2 radical (unpaired) electrons. The highest BCUT2D eigenvalue weighted by Gasteiger charge is 2.02. The number of rotatable bonds is 2. The fraction of sp³-hybridized carbons (Fsp3) is 0. The molecule has 7 nitrogen and oxygen atoms in total. The molecule has 0 aromatic carbocycles. The van der Waals surface area contributed by atoms with Gasteiger partial charge in [0.2, 0.25) is 5.82 Å². The molecule has 0 amide bonds. The Kier molecular flexibility index (Phi) is 3.76. The second kappa shape index (κ2) is 5.06. The van der Waals surface area contributed by atoms with Crippen LogP contribution in [0.1, 0.15) is 0 Å². The van der Waals surface area contributed by atoms with Gasteiger partial charge in [-0.25, -0.2) is 9.59 Å². The summed E-state index contributed by atoms with van der Waals surface area (Å²) in [7, 11) is 4.77. The first-order valence-corrected chi connectivity index (χ1v) is 4.15. The topological polar surface area (TPSA) is 105 Å². The van der Waals surface area contributed by atoms with Gasteiger partial charge in [0.1, 0.15) is 5.80 Å². The second-order valence-corrected chi connectivity index (χ2v) is 2.74. The fourth-order valence-electron chi connectivity index (χ4n) is 0.855. The Balaban J connectivity index is 2.96. The normalized spacial score (nSPS) is 10.4. The molecule has 1 rings (SSSR count). The van der Waals surface area contributed by atoms with E-state index in [1.54, 1.807) is 4.98 Å². The molecule has 0 saturated carbocycles. The molecule has 9 heteroatoms. The minimum absolute atomic E-state index is 0.596. The van der Waals surface area contributed by atoms with E-state index in [-0.39, 0.29) is 0 Å². The van der Waals surface area contributed by atoms with Crippen molar-refractivity contribution in [2.75, 3.05) is 0 Å². The summed E-state index contributed by atoms with van der Waals surface area (Å²) in [6, 6.07) is 0. The van der Waals surface area contributed by atoms with E-state index in [4.69, 9.17) is 13.3 Å². The Bertz CT molecular complexity index is 604. The number of esters is 1. The molecule has 0 aliphatic carbocycles. The third-order valence-electron chi connectivity index (χ3n) is 1.51. The van der Waals surface area contributed by atoms with E-state index >= 15 is 0 Å². The molecule has 1 heterocycles. The Morgan fingerprint density at radius 2 is 2.24 bits per heavy atom. The van der Waals surface area contributed by atoms with Gasteiger partial charge in [-0.15, -0.1) is 0 Å². The summed E-state index contributed by atoms with van der Waals surface area (Å²) in [5, 5.41) is 6.64. The largest absolute Gasteiger partial charge is 0.421 e. The molecule has 0 spiro atoms. The molecule has 0 bridgehead atoms. The Labute approximate surface area is 94.5 Å². The molecule has 0 fully saturated rings. The first-order chi connectivity index (χ1) is 7.90. The second-order valence-electron chi connectivity index (χ2n) is 2.74. The summed E-state index contributed by atoms with van der Waals surface area (Å²) in [5.74, 6) is -3.02. The fourth-order valence-corrected chi connectivity index (χ4v) is 0.855. The molecular weight excluding hydrogens is 232 g/mol. The number of carbonyl (C=O) groups is 1. The summed E-state index contributed by atoms with van der Waals surface area (Å²) >= 11 is 0. The zero-order valence-corrected chi connectivity index (χ0v) is 8.27. The standard InChI is InChI=1S/C8H5BFN3O4/c9-7(11)17-5(14)1-2-13-3-4(10)6(15)12-8(13)16/h1-3,11H,(H,12,15,16)/b2-1-,11-7?. The van der Waals surface area contributed by atoms with Crippen molar-refractivity contribution in [3.8, 4) is 0 Å². The zero-order chi connectivity index (χ0) is 13.0. The van der Waals surface area contributed by atoms with E-state index in [1.807, 2.05) is 0 Å². The van der Waals surface area contributed by atoms with Crippen LogP contribution in [0.4, 0.5) is 4.39 Å². The van der Waals surface area contributed by atoms with Gasteiger partial charge in [-0.2, -0.15) is 4.39 Å². The van der Waals surface area contributed by atoms with Crippen molar-refractivity contribution >= 4 is 25.8 Å². The molecule has 17 heavy (non-hydrogen) atoms. The van der Waals surface area contributed by atoms with Gasteiger partial charge in [0.05, 0.1) is 6.20 Å².